The molecule has 36 heavy (non-hydrogen) atoms. The first-order chi connectivity index (χ1) is 17.4. The molecule has 0 spiro atoms. The number of carbonyl (C=O) groups is 1. The predicted octanol–water partition coefficient (Wildman–Crippen LogP) is 5.77. The molecular weight excluding hydrogens is 458 g/mol. The van der Waals surface area contributed by atoms with Gasteiger partial charge in [-0.25, -0.2) is 0 Å². The van der Waals surface area contributed by atoms with Crippen LogP contribution >= 0.6 is 0 Å². The smallest absolute Gasteiger partial charge is 0.269 e. The maximum Gasteiger partial charge on any atom is 0.269 e. The molecule has 0 aliphatic rings. The Morgan fingerprint density at radius 1 is 1.19 bits per heavy atom. The molecule has 0 atom stereocenters. The highest BCUT2D eigenvalue weighted by molar-refractivity contribution is 6.10. The van der Waals surface area contributed by atoms with E-state index in [0.717, 1.165) is 16.7 Å². The summed E-state index contributed by atoms with van der Waals surface area (Å²) >= 11 is 0. The molecular formula is C28H25N3O5. The van der Waals surface area contributed by atoms with E-state index in [2.05, 4.69) is 11.9 Å². The predicted molar refractivity (Wildman–Crippen MR) is 138 cm³/mol. The molecule has 1 N–H and O–H groups in total. The Morgan fingerprint density at radius 2 is 1.92 bits per heavy atom. The van der Waals surface area contributed by atoms with E-state index in [4.69, 9.17) is 9.47 Å². The number of para-hydroxylation sites is 1. The van der Waals surface area contributed by atoms with Gasteiger partial charge in [0.15, 0.2) is 11.5 Å². The van der Waals surface area contributed by atoms with E-state index in [1.54, 1.807) is 42.5 Å². The zero-order valence-corrected chi connectivity index (χ0v) is 20.0. The molecule has 0 bridgehead atoms. The van der Waals surface area contributed by atoms with E-state index in [-0.39, 0.29) is 17.9 Å². The SMILES string of the molecule is C=CCc1cc(/C=C(\C#N)C(=O)Nc2ccccc2C)cc(OC)c1OCc1ccc([N+](=O)[O-])cc1. The van der Waals surface area contributed by atoms with E-state index < -0.39 is 10.8 Å². The van der Waals surface area contributed by atoms with Gasteiger partial charge in [-0.15, -0.1) is 6.58 Å². The third-order valence-electron chi connectivity index (χ3n) is 5.34. The lowest BCUT2D eigenvalue weighted by Gasteiger charge is -2.16. The number of nitriles is 1. The van der Waals surface area contributed by atoms with Gasteiger partial charge in [0.25, 0.3) is 11.6 Å². The zero-order valence-electron chi connectivity index (χ0n) is 20.0. The number of allylic oxidation sites excluding steroid dienone is 1. The fraction of sp³-hybridized carbons (Fsp3) is 0.143. The molecule has 8 heteroatoms. The molecule has 0 aliphatic heterocycles. The first-order valence-corrected chi connectivity index (χ1v) is 11.0. The van der Waals surface area contributed by atoms with Gasteiger partial charge in [-0.3, -0.25) is 14.9 Å². The number of ether oxygens (including phenoxy) is 2. The van der Waals surface area contributed by atoms with E-state index >= 15 is 0 Å². The summed E-state index contributed by atoms with van der Waals surface area (Å²) in [7, 11) is 1.50. The fourth-order valence-corrected chi connectivity index (χ4v) is 3.48. The standard InChI is InChI=1S/C28H25N3O5/c1-4-7-22-14-21(15-23(17-29)28(32)30-25-9-6-5-8-19(25)2)16-26(35-3)27(22)36-18-20-10-12-24(13-11-20)31(33)34/h4-6,8-16H,1,7,18H2,2-3H3,(H,30,32)/b23-15+. The second-order valence-corrected chi connectivity index (χ2v) is 7.86. The number of methoxy groups -OCH3 is 1. The highest BCUT2D eigenvalue weighted by Gasteiger charge is 2.16. The molecule has 1 amide bonds. The monoisotopic (exact) mass is 483 g/mol. The van der Waals surface area contributed by atoms with Crippen LogP contribution in [0, 0.1) is 28.4 Å². The number of carbonyl (C=O) groups excluding carboxylic acids is 1. The molecule has 3 rings (SSSR count). The number of nitro groups is 1. The second-order valence-electron chi connectivity index (χ2n) is 7.86. The van der Waals surface area contributed by atoms with Crippen LogP contribution in [-0.2, 0) is 17.8 Å². The molecule has 0 fully saturated rings. The molecule has 0 saturated heterocycles. The van der Waals surface area contributed by atoms with Crippen LogP contribution in [-0.4, -0.2) is 17.9 Å². The third-order valence-corrected chi connectivity index (χ3v) is 5.34. The zero-order chi connectivity index (χ0) is 26.1. The number of rotatable bonds is 10. The molecule has 3 aromatic rings. The van der Waals surface area contributed by atoms with Crippen molar-refractivity contribution in [3.63, 3.8) is 0 Å². The number of hydrogen-bond donors (Lipinski definition) is 1. The summed E-state index contributed by atoms with van der Waals surface area (Å²) in [4.78, 5) is 23.2. The largest absolute Gasteiger partial charge is 0.493 e. The Kier molecular flexibility index (Phi) is 8.57. The fourth-order valence-electron chi connectivity index (χ4n) is 3.48. The van der Waals surface area contributed by atoms with Crippen molar-refractivity contribution in [2.75, 3.05) is 12.4 Å². The lowest BCUT2D eigenvalue weighted by molar-refractivity contribution is -0.384. The molecule has 0 radical (unpaired) electrons. The van der Waals surface area contributed by atoms with E-state index in [1.165, 1.54) is 25.3 Å². The second kappa shape index (κ2) is 12.0. The average Bonchev–Trinajstić information content (AvgIpc) is 2.88. The highest BCUT2D eigenvalue weighted by Crippen LogP contribution is 2.35. The van der Waals surface area contributed by atoms with Crippen LogP contribution in [0.5, 0.6) is 11.5 Å². The Balaban J connectivity index is 1.88. The molecule has 0 aliphatic carbocycles. The first-order valence-electron chi connectivity index (χ1n) is 11.0. The molecule has 0 aromatic heterocycles. The molecule has 0 heterocycles. The van der Waals surface area contributed by atoms with Crippen LogP contribution < -0.4 is 14.8 Å². The van der Waals surface area contributed by atoms with E-state index in [0.29, 0.717) is 29.2 Å². The third kappa shape index (κ3) is 6.36. The first kappa shape index (κ1) is 25.7. The summed E-state index contributed by atoms with van der Waals surface area (Å²) in [6.07, 6.45) is 3.64. The van der Waals surface area contributed by atoms with Crippen molar-refractivity contribution in [1.29, 1.82) is 5.26 Å². The maximum atomic E-state index is 12.7. The average molecular weight is 484 g/mol. The molecule has 0 saturated carbocycles. The maximum absolute atomic E-state index is 12.7. The van der Waals surface area contributed by atoms with Crippen LogP contribution in [0.15, 0.2) is 78.9 Å². The van der Waals surface area contributed by atoms with Gasteiger partial charge in [-0.1, -0.05) is 24.3 Å². The van der Waals surface area contributed by atoms with Crippen LogP contribution in [0.2, 0.25) is 0 Å². The van der Waals surface area contributed by atoms with Crippen LogP contribution in [0.3, 0.4) is 0 Å². The van der Waals surface area contributed by atoms with Crippen molar-refractivity contribution in [2.24, 2.45) is 0 Å². The normalized spacial score (nSPS) is 10.8. The van der Waals surface area contributed by atoms with Gasteiger partial charge >= 0.3 is 0 Å². The van der Waals surface area contributed by atoms with Gasteiger partial charge in [-0.05, 0) is 66.4 Å². The minimum Gasteiger partial charge on any atom is -0.493 e. The number of amides is 1. The number of anilines is 1. The molecule has 8 nitrogen and oxygen atoms in total. The summed E-state index contributed by atoms with van der Waals surface area (Å²) in [6.45, 7) is 5.83. The van der Waals surface area contributed by atoms with Gasteiger partial charge in [0.1, 0.15) is 18.2 Å². The van der Waals surface area contributed by atoms with Crippen LogP contribution in [0.25, 0.3) is 6.08 Å². The number of aryl methyl sites for hydroxylation is 1. The van der Waals surface area contributed by atoms with Gasteiger partial charge in [0.2, 0.25) is 0 Å². The number of nitrogens with zero attached hydrogens (tertiary/aromatic N) is 2. The van der Waals surface area contributed by atoms with Crippen molar-refractivity contribution in [1.82, 2.24) is 0 Å². The van der Waals surface area contributed by atoms with Crippen molar-refractivity contribution < 1.29 is 19.2 Å². The van der Waals surface area contributed by atoms with Gasteiger partial charge < -0.3 is 14.8 Å². The minimum atomic E-state index is -0.519. The highest BCUT2D eigenvalue weighted by atomic mass is 16.6. The Bertz CT molecular complexity index is 1350. The van der Waals surface area contributed by atoms with Crippen LogP contribution in [0.4, 0.5) is 11.4 Å². The summed E-state index contributed by atoms with van der Waals surface area (Å²) in [6, 6.07) is 18.8. The lowest BCUT2D eigenvalue weighted by Crippen LogP contribution is -2.14. The van der Waals surface area contributed by atoms with Crippen molar-refractivity contribution in [3.8, 4) is 17.6 Å². The summed E-state index contributed by atoms with van der Waals surface area (Å²) in [5, 5.41) is 23.3. The lowest BCUT2D eigenvalue weighted by atomic mass is 10.0. The molecule has 182 valence electrons. The Morgan fingerprint density at radius 3 is 2.53 bits per heavy atom. The van der Waals surface area contributed by atoms with Gasteiger partial charge in [-0.2, -0.15) is 5.26 Å². The van der Waals surface area contributed by atoms with Crippen molar-refractivity contribution >= 4 is 23.4 Å². The Labute approximate surface area is 209 Å². The van der Waals surface area contributed by atoms with Gasteiger partial charge in [0, 0.05) is 23.4 Å². The number of non-ortho nitro benzene ring substituents is 1. The van der Waals surface area contributed by atoms with E-state index in [9.17, 15) is 20.2 Å². The number of nitro benzene ring substituents is 1. The summed E-state index contributed by atoms with van der Waals surface area (Å²) in [5.41, 5.74) is 3.52. The topological polar surface area (TPSA) is 114 Å². The minimum absolute atomic E-state index is 0.000393. The van der Waals surface area contributed by atoms with Gasteiger partial charge in [0.05, 0.1) is 12.0 Å². The quantitative estimate of drug-likeness (QED) is 0.129. The van der Waals surface area contributed by atoms with E-state index in [1.807, 2.05) is 25.1 Å². The van der Waals surface area contributed by atoms with Crippen molar-refractivity contribution in [3.05, 3.63) is 111 Å². The molecule has 3 aromatic carbocycles. The number of nitrogens with one attached hydrogen (secondary N) is 1. The summed E-state index contributed by atoms with van der Waals surface area (Å²) < 4.78 is 11.6. The number of hydrogen-bond acceptors (Lipinski definition) is 6. The Hall–Kier alpha value is -4.90. The van der Waals surface area contributed by atoms with Crippen LogP contribution in [0.1, 0.15) is 22.3 Å². The van der Waals surface area contributed by atoms with Crippen molar-refractivity contribution in [2.45, 2.75) is 20.0 Å². The molecule has 0 unspecified atom stereocenters. The number of benzene rings is 3. The summed E-state index contributed by atoms with van der Waals surface area (Å²) in [5.74, 6) is 0.379.